The monoisotopic (exact) mass is 170 g/mol. The van der Waals surface area contributed by atoms with Gasteiger partial charge in [-0.05, 0) is 33.4 Å². The molecule has 1 N–H and O–H groups in total. The van der Waals surface area contributed by atoms with Crippen LogP contribution in [0.1, 0.15) is 19.8 Å². The van der Waals surface area contributed by atoms with Gasteiger partial charge in [0.2, 0.25) is 5.91 Å². The Labute approximate surface area is 74.1 Å². The lowest BCUT2D eigenvalue weighted by Gasteiger charge is -2.29. The van der Waals surface area contributed by atoms with Gasteiger partial charge in [-0.1, -0.05) is 0 Å². The summed E-state index contributed by atoms with van der Waals surface area (Å²) >= 11 is 0. The molecule has 0 aromatic rings. The first-order chi connectivity index (χ1) is 5.58. The summed E-state index contributed by atoms with van der Waals surface area (Å²) in [5.41, 5.74) is 0. The molecule has 0 aromatic heterocycles. The van der Waals surface area contributed by atoms with E-state index in [1.54, 1.807) is 0 Å². The van der Waals surface area contributed by atoms with E-state index in [4.69, 9.17) is 0 Å². The zero-order valence-corrected chi connectivity index (χ0v) is 8.13. The smallest absolute Gasteiger partial charge is 0.220 e. The van der Waals surface area contributed by atoms with E-state index >= 15 is 0 Å². The molecule has 1 amide bonds. The molecule has 3 nitrogen and oxygen atoms in total. The Bertz CT molecular complexity index is 166. The van der Waals surface area contributed by atoms with Crippen LogP contribution in [0.3, 0.4) is 0 Å². The third-order valence-electron chi connectivity index (χ3n) is 2.19. The van der Waals surface area contributed by atoms with E-state index in [1.165, 1.54) is 0 Å². The van der Waals surface area contributed by atoms with E-state index in [0.29, 0.717) is 18.4 Å². The van der Waals surface area contributed by atoms with Crippen molar-refractivity contribution in [1.29, 1.82) is 0 Å². The van der Waals surface area contributed by atoms with E-state index < -0.39 is 0 Å². The highest BCUT2D eigenvalue weighted by Crippen LogP contribution is 2.16. The first kappa shape index (κ1) is 9.52. The topological polar surface area (TPSA) is 32.3 Å². The van der Waals surface area contributed by atoms with Crippen molar-refractivity contribution < 1.29 is 4.79 Å². The fourth-order valence-corrected chi connectivity index (χ4v) is 1.89. The van der Waals surface area contributed by atoms with Crippen molar-refractivity contribution in [3.05, 3.63) is 0 Å². The molecular weight excluding hydrogens is 152 g/mol. The van der Waals surface area contributed by atoms with Gasteiger partial charge in [0.05, 0.1) is 0 Å². The first-order valence-corrected chi connectivity index (χ1v) is 4.52. The van der Waals surface area contributed by atoms with Crippen LogP contribution in [0, 0.1) is 5.92 Å². The summed E-state index contributed by atoms with van der Waals surface area (Å²) in [5.74, 6) is 0.754. The Morgan fingerprint density at radius 2 is 2.25 bits per heavy atom. The summed E-state index contributed by atoms with van der Waals surface area (Å²) in [5, 5.41) is 2.92. The molecule has 1 fully saturated rings. The predicted molar refractivity (Wildman–Crippen MR) is 48.9 cm³/mol. The maximum absolute atomic E-state index is 11.1. The van der Waals surface area contributed by atoms with E-state index in [1.807, 2.05) is 0 Å². The highest BCUT2D eigenvalue weighted by atomic mass is 16.1. The Kier molecular flexibility index (Phi) is 3.09. The zero-order chi connectivity index (χ0) is 9.14. The summed E-state index contributed by atoms with van der Waals surface area (Å²) in [6.07, 6.45) is 1.81. The zero-order valence-electron chi connectivity index (χ0n) is 8.13. The fourth-order valence-electron chi connectivity index (χ4n) is 1.89. The van der Waals surface area contributed by atoms with E-state index in [9.17, 15) is 4.79 Å². The first-order valence-electron chi connectivity index (χ1n) is 4.52. The average Bonchev–Trinajstić information content (AvgIpc) is 1.81. The van der Waals surface area contributed by atoms with Gasteiger partial charge in [0.25, 0.3) is 0 Å². The quantitative estimate of drug-likeness (QED) is 0.653. The molecule has 0 aromatic carbocycles. The molecular formula is C9H18N2O. The van der Waals surface area contributed by atoms with E-state index in [0.717, 1.165) is 13.0 Å². The summed E-state index contributed by atoms with van der Waals surface area (Å²) in [6, 6.07) is 0.358. The molecule has 0 radical (unpaired) electrons. The van der Waals surface area contributed by atoms with Crippen LogP contribution in [0.2, 0.25) is 0 Å². The number of carbonyl (C=O) groups excluding carboxylic acids is 1. The summed E-state index contributed by atoms with van der Waals surface area (Å²) < 4.78 is 0. The fraction of sp³-hybridized carbons (Fsp3) is 0.889. The second kappa shape index (κ2) is 3.90. The SMILES string of the molecule is CC1CC(CN(C)C)CC(=O)N1. The molecule has 0 saturated carbocycles. The van der Waals surface area contributed by atoms with Gasteiger partial charge >= 0.3 is 0 Å². The van der Waals surface area contributed by atoms with Crippen LogP contribution in [-0.2, 0) is 4.79 Å². The highest BCUT2D eigenvalue weighted by Gasteiger charge is 2.23. The van der Waals surface area contributed by atoms with Gasteiger partial charge in [-0.15, -0.1) is 0 Å². The van der Waals surface area contributed by atoms with Crippen LogP contribution in [0.15, 0.2) is 0 Å². The number of hydrogen-bond donors (Lipinski definition) is 1. The summed E-state index contributed by atoms with van der Waals surface area (Å²) in [4.78, 5) is 13.3. The molecule has 1 aliphatic heterocycles. The lowest BCUT2D eigenvalue weighted by atomic mass is 9.92. The van der Waals surface area contributed by atoms with Gasteiger partial charge in [0, 0.05) is 19.0 Å². The van der Waals surface area contributed by atoms with Gasteiger partial charge in [-0.25, -0.2) is 0 Å². The lowest BCUT2D eigenvalue weighted by molar-refractivity contribution is -0.124. The predicted octanol–water partition coefficient (Wildman–Crippen LogP) is 0.463. The standard InChI is InChI=1S/C9H18N2O/c1-7-4-8(6-11(2)3)5-9(12)10-7/h7-8H,4-6H2,1-3H3,(H,10,12). The Hall–Kier alpha value is -0.570. The molecule has 2 atom stereocenters. The van der Waals surface area contributed by atoms with Crippen molar-refractivity contribution in [1.82, 2.24) is 10.2 Å². The van der Waals surface area contributed by atoms with Gasteiger partial charge in [-0.2, -0.15) is 0 Å². The second-order valence-corrected chi connectivity index (χ2v) is 4.04. The molecule has 2 unspecified atom stereocenters. The van der Waals surface area contributed by atoms with Crippen molar-refractivity contribution in [3.63, 3.8) is 0 Å². The minimum atomic E-state index is 0.209. The minimum absolute atomic E-state index is 0.209. The number of amides is 1. The number of carbonyl (C=O) groups is 1. The van der Waals surface area contributed by atoms with Crippen LogP contribution in [0.4, 0.5) is 0 Å². The van der Waals surface area contributed by atoms with Crippen molar-refractivity contribution in [3.8, 4) is 0 Å². The van der Waals surface area contributed by atoms with Gasteiger partial charge in [0.1, 0.15) is 0 Å². The number of nitrogens with one attached hydrogen (secondary N) is 1. The van der Waals surface area contributed by atoms with E-state index in [2.05, 4.69) is 31.2 Å². The normalized spacial score (nSPS) is 30.5. The molecule has 70 valence electrons. The Morgan fingerprint density at radius 3 is 2.75 bits per heavy atom. The van der Waals surface area contributed by atoms with E-state index in [-0.39, 0.29) is 5.91 Å². The number of piperidine rings is 1. The second-order valence-electron chi connectivity index (χ2n) is 4.04. The molecule has 0 aliphatic carbocycles. The molecule has 0 bridgehead atoms. The Morgan fingerprint density at radius 1 is 1.58 bits per heavy atom. The van der Waals surface area contributed by atoms with Gasteiger partial charge < -0.3 is 10.2 Å². The number of hydrogen-bond acceptors (Lipinski definition) is 2. The van der Waals surface area contributed by atoms with Crippen LogP contribution in [0.5, 0.6) is 0 Å². The maximum atomic E-state index is 11.1. The summed E-state index contributed by atoms with van der Waals surface area (Å²) in [6.45, 7) is 3.09. The average molecular weight is 170 g/mol. The third kappa shape index (κ3) is 2.81. The summed E-state index contributed by atoms with van der Waals surface area (Å²) in [7, 11) is 4.11. The molecule has 12 heavy (non-hydrogen) atoms. The van der Waals surface area contributed by atoms with Crippen LogP contribution in [0.25, 0.3) is 0 Å². The van der Waals surface area contributed by atoms with Gasteiger partial charge in [0.15, 0.2) is 0 Å². The minimum Gasteiger partial charge on any atom is -0.354 e. The van der Waals surface area contributed by atoms with Crippen molar-refractivity contribution >= 4 is 5.91 Å². The molecule has 1 aliphatic rings. The lowest BCUT2D eigenvalue weighted by Crippen LogP contribution is -2.43. The Balaban J connectivity index is 2.39. The van der Waals surface area contributed by atoms with Crippen LogP contribution in [-0.4, -0.2) is 37.5 Å². The third-order valence-corrected chi connectivity index (χ3v) is 2.19. The van der Waals surface area contributed by atoms with Crippen LogP contribution < -0.4 is 5.32 Å². The number of nitrogens with zero attached hydrogens (tertiary/aromatic N) is 1. The molecule has 0 spiro atoms. The molecule has 1 saturated heterocycles. The molecule has 3 heteroatoms. The van der Waals surface area contributed by atoms with Crippen molar-refractivity contribution in [2.45, 2.75) is 25.8 Å². The van der Waals surface area contributed by atoms with Crippen molar-refractivity contribution in [2.75, 3.05) is 20.6 Å². The van der Waals surface area contributed by atoms with Crippen LogP contribution >= 0.6 is 0 Å². The number of rotatable bonds is 2. The maximum Gasteiger partial charge on any atom is 0.220 e. The molecule has 1 rings (SSSR count). The highest BCUT2D eigenvalue weighted by molar-refractivity contribution is 5.77. The van der Waals surface area contributed by atoms with Crippen molar-refractivity contribution in [2.24, 2.45) is 5.92 Å². The van der Waals surface area contributed by atoms with Gasteiger partial charge in [-0.3, -0.25) is 4.79 Å². The largest absolute Gasteiger partial charge is 0.354 e. The molecule has 1 heterocycles.